The Labute approximate surface area is 56.2 Å². The Bertz CT molecular complexity index is 79.0. The Morgan fingerprint density at radius 1 is 1.56 bits per heavy atom. The van der Waals surface area contributed by atoms with Crippen LogP contribution in [-0.2, 0) is 9.47 Å². The smallest absolute Gasteiger partial charge is 0.165 e. The molecule has 1 unspecified atom stereocenters. The zero-order valence-corrected chi connectivity index (χ0v) is 6.09. The molecule has 0 radical (unpaired) electrons. The average molecular weight is 130 g/mol. The monoisotopic (exact) mass is 130 g/mol. The summed E-state index contributed by atoms with van der Waals surface area (Å²) in [6.07, 6.45) is 2.51. The first-order chi connectivity index (χ1) is 4.34. The predicted octanol–water partition coefficient (Wildman–Crippen LogP) is 1.75. The molecule has 0 aromatic heterocycles. The summed E-state index contributed by atoms with van der Waals surface area (Å²) >= 11 is 0. The van der Waals surface area contributed by atoms with Gasteiger partial charge in [-0.1, -0.05) is 20.3 Å². The van der Waals surface area contributed by atoms with Crippen molar-refractivity contribution < 1.29 is 9.47 Å². The minimum Gasteiger partial charge on any atom is -0.326 e. The van der Waals surface area contributed by atoms with Gasteiger partial charge >= 0.3 is 0 Å². The van der Waals surface area contributed by atoms with Crippen molar-refractivity contribution in [3.8, 4) is 0 Å². The van der Waals surface area contributed by atoms with E-state index in [1.165, 1.54) is 12.8 Å². The highest BCUT2D eigenvalue weighted by Crippen LogP contribution is 2.20. The van der Waals surface area contributed by atoms with E-state index in [4.69, 9.17) is 9.47 Å². The second-order valence-corrected chi connectivity index (χ2v) is 2.59. The highest BCUT2D eigenvalue weighted by atomic mass is 16.8. The standard InChI is InChI=1S/C7H14O2/c1-3-4-6(2)7-8-5-9-7/h6-7H,3-5H2,1-2H3. The van der Waals surface area contributed by atoms with E-state index in [0.717, 1.165) is 0 Å². The fourth-order valence-electron chi connectivity index (χ4n) is 1.07. The van der Waals surface area contributed by atoms with Crippen LogP contribution in [0, 0.1) is 5.92 Å². The van der Waals surface area contributed by atoms with E-state index in [0.29, 0.717) is 12.7 Å². The molecule has 1 saturated heterocycles. The van der Waals surface area contributed by atoms with Gasteiger partial charge in [0.05, 0.1) is 0 Å². The van der Waals surface area contributed by atoms with E-state index >= 15 is 0 Å². The summed E-state index contributed by atoms with van der Waals surface area (Å²) in [5.41, 5.74) is 0. The lowest BCUT2D eigenvalue weighted by Gasteiger charge is -2.31. The number of hydrogen-bond acceptors (Lipinski definition) is 2. The lowest BCUT2D eigenvalue weighted by molar-refractivity contribution is -0.338. The van der Waals surface area contributed by atoms with E-state index in [9.17, 15) is 0 Å². The quantitative estimate of drug-likeness (QED) is 0.579. The molecular weight excluding hydrogens is 116 g/mol. The summed E-state index contributed by atoms with van der Waals surface area (Å²) in [4.78, 5) is 0. The summed E-state index contributed by atoms with van der Waals surface area (Å²) in [6, 6.07) is 0. The van der Waals surface area contributed by atoms with Gasteiger partial charge < -0.3 is 9.47 Å². The van der Waals surface area contributed by atoms with Gasteiger partial charge in [-0.2, -0.15) is 0 Å². The van der Waals surface area contributed by atoms with Crippen LogP contribution >= 0.6 is 0 Å². The van der Waals surface area contributed by atoms with Crippen LogP contribution in [-0.4, -0.2) is 13.1 Å². The Kier molecular flexibility index (Phi) is 2.49. The van der Waals surface area contributed by atoms with Gasteiger partial charge in [0.1, 0.15) is 0 Å². The van der Waals surface area contributed by atoms with Crippen LogP contribution in [0.15, 0.2) is 0 Å². The normalized spacial score (nSPS) is 23.3. The summed E-state index contributed by atoms with van der Waals surface area (Å²) in [7, 11) is 0. The lowest BCUT2D eigenvalue weighted by atomic mass is 10.1. The van der Waals surface area contributed by atoms with Crippen molar-refractivity contribution in [1.82, 2.24) is 0 Å². The van der Waals surface area contributed by atoms with Crippen LogP contribution in [0.5, 0.6) is 0 Å². The first kappa shape index (κ1) is 7.03. The topological polar surface area (TPSA) is 18.5 Å². The first-order valence-electron chi connectivity index (χ1n) is 3.57. The minimum absolute atomic E-state index is 0.102. The zero-order valence-electron chi connectivity index (χ0n) is 6.09. The van der Waals surface area contributed by atoms with Gasteiger partial charge in [0.25, 0.3) is 0 Å². The van der Waals surface area contributed by atoms with Crippen LogP contribution in [0.3, 0.4) is 0 Å². The Hall–Kier alpha value is -0.0800. The maximum Gasteiger partial charge on any atom is 0.165 e. The number of rotatable bonds is 3. The Balaban J connectivity index is 2.08. The molecule has 1 aliphatic heterocycles. The van der Waals surface area contributed by atoms with Gasteiger partial charge in [0.2, 0.25) is 0 Å². The Morgan fingerprint density at radius 2 is 2.22 bits per heavy atom. The molecule has 0 aromatic carbocycles. The number of hydrogen-bond donors (Lipinski definition) is 0. The van der Waals surface area contributed by atoms with Crippen molar-refractivity contribution in [3.05, 3.63) is 0 Å². The molecule has 0 N–H and O–H groups in total. The van der Waals surface area contributed by atoms with E-state index < -0.39 is 0 Å². The van der Waals surface area contributed by atoms with E-state index in [-0.39, 0.29) is 6.29 Å². The summed E-state index contributed by atoms with van der Waals surface area (Å²) in [5, 5.41) is 0. The van der Waals surface area contributed by atoms with Gasteiger partial charge in [-0.15, -0.1) is 0 Å². The van der Waals surface area contributed by atoms with Gasteiger partial charge in [0.15, 0.2) is 13.1 Å². The molecule has 2 heteroatoms. The fourth-order valence-corrected chi connectivity index (χ4v) is 1.07. The molecule has 1 atom stereocenters. The largest absolute Gasteiger partial charge is 0.326 e. The molecule has 1 heterocycles. The molecule has 0 amide bonds. The van der Waals surface area contributed by atoms with Crippen molar-refractivity contribution in [1.29, 1.82) is 0 Å². The SMILES string of the molecule is CCCC(C)C1OCO1. The van der Waals surface area contributed by atoms with Crippen LogP contribution in [0.25, 0.3) is 0 Å². The molecule has 0 aliphatic carbocycles. The second kappa shape index (κ2) is 3.18. The van der Waals surface area contributed by atoms with E-state index in [1.807, 2.05) is 0 Å². The molecule has 0 saturated carbocycles. The van der Waals surface area contributed by atoms with Crippen molar-refractivity contribution in [2.24, 2.45) is 5.92 Å². The fraction of sp³-hybridized carbons (Fsp3) is 1.00. The van der Waals surface area contributed by atoms with E-state index in [2.05, 4.69) is 13.8 Å². The van der Waals surface area contributed by atoms with Gasteiger partial charge in [-0.05, 0) is 6.42 Å². The predicted molar refractivity (Wildman–Crippen MR) is 34.9 cm³/mol. The van der Waals surface area contributed by atoms with Crippen LogP contribution in [0.2, 0.25) is 0 Å². The lowest BCUT2D eigenvalue weighted by Crippen LogP contribution is -2.36. The third-order valence-corrected chi connectivity index (χ3v) is 1.67. The molecule has 0 aromatic rings. The molecule has 1 rings (SSSR count). The van der Waals surface area contributed by atoms with E-state index in [1.54, 1.807) is 0 Å². The average Bonchev–Trinajstić information content (AvgIpc) is 1.60. The van der Waals surface area contributed by atoms with Gasteiger partial charge in [-0.3, -0.25) is 0 Å². The molecule has 0 spiro atoms. The minimum atomic E-state index is 0.102. The molecule has 0 bridgehead atoms. The van der Waals surface area contributed by atoms with Crippen LogP contribution in [0.4, 0.5) is 0 Å². The molecule has 54 valence electrons. The van der Waals surface area contributed by atoms with Gasteiger partial charge in [0, 0.05) is 5.92 Å². The highest BCUT2D eigenvalue weighted by molar-refractivity contribution is 4.59. The molecule has 9 heavy (non-hydrogen) atoms. The molecular formula is C7H14O2. The van der Waals surface area contributed by atoms with Crippen LogP contribution < -0.4 is 0 Å². The zero-order chi connectivity index (χ0) is 6.69. The third-order valence-electron chi connectivity index (χ3n) is 1.67. The highest BCUT2D eigenvalue weighted by Gasteiger charge is 2.24. The second-order valence-electron chi connectivity index (χ2n) is 2.59. The number of ether oxygens (including phenoxy) is 2. The Morgan fingerprint density at radius 3 is 2.56 bits per heavy atom. The van der Waals surface area contributed by atoms with Crippen LogP contribution in [0.1, 0.15) is 26.7 Å². The summed E-state index contributed by atoms with van der Waals surface area (Å²) < 4.78 is 10.2. The third kappa shape index (κ3) is 1.66. The maximum atomic E-state index is 5.12. The summed E-state index contributed by atoms with van der Waals surface area (Å²) in [5.74, 6) is 0.573. The molecule has 1 aliphatic rings. The van der Waals surface area contributed by atoms with Gasteiger partial charge in [-0.25, -0.2) is 0 Å². The molecule has 1 fully saturated rings. The maximum absolute atomic E-state index is 5.12. The molecule has 2 nitrogen and oxygen atoms in total. The van der Waals surface area contributed by atoms with Crippen molar-refractivity contribution in [3.63, 3.8) is 0 Å². The first-order valence-corrected chi connectivity index (χ1v) is 3.57. The summed E-state index contributed by atoms with van der Waals surface area (Å²) in [6.45, 7) is 4.83. The van der Waals surface area contributed by atoms with Crippen molar-refractivity contribution in [2.75, 3.05) is 6.79 Å². The van der Waals surface area contributed by atoms with Crippen molar-refractivity contribution >= 4 is 0 Å². The van der Waals surface area contributed by atoms with Crippen molar-refractivity contribution in [2.45, 2.75) is 33.0 Å².